The zero-order valence-corrected chi connectivity index (χ0v) is 12.0. The number of ether oxygens (including phenoxy) is 1. The fourth-order valence-electron chi connectivity index (χ4n) is 2.41. The van der Waals surface area contributed by atoms with Gasteiger partial charge in [-0.3, -0.25) is 4.79 Å². The highest BCUT2D eigenvalue weighted by atomic mass is 16.5. The van der Waals surface area contributed by atoms with Crippen LogP contribution < -0.4 is 16.0 Å². The molecule has 1 atom stereocenters. The molecule has 1 unspecified atom stereocenters. The first kappa shape index (κ1) is 14.8. The molecule has 1 aliphatic heterocycles. The molecule has 0 bridgehead atoms. The SMILES string of the molecule is COCCC(N)C(=O)Nc1ccccc1N1CCCC1. The van der Waals surface area contributed by atoms with Crippen molar-refractivity contribution in [2.24, 2.45) is 5.73 Å². The number of hydrogen-bond acceptors (Lipinski definition) is 4. The third-order valence-electron chi connectivity index (χ3n) is 3.58. The van der Waals surface area contributed by atoms with Gasteiger partial charge in [0.15, 0.2) is 0 Å². The van der Waals surface area contributed by atoms with Crippen LogP contribution in [0.25, 0.3) is 0 Å². The van der Waals surface area contributed by atoms with Crippen molar-refractivity contribution >= 4 is 17.3 Å². The highest BCUT2D eigenvalue weighted by Crippen LogP contribution is 2.28. The molecule has 2 rings (SSSR count). The van der Waals surface area contributed by atoms with Crippen LogP contribution in [0.15, 0.2) is 24.3 Å². The van der Waals surface area contributed by atoms with E-state index in [1.54, 1.807) is 7.11 Å². The van der Waals surface area contributed by atoms with Gasteiger partial charge < -0.3 is 20.7 Å². The summed E-state index contributed by atoms with van der Waals surface area (Å²) in [4.78, 5) is 14.4. The molecule has 1 heterocycles. The maximum absolute atomic E-state index is 12.1. The monoisotopic (exact) mass is 277 g/mol. The fourth-order valence-corrected chi connectivity index (χ4v) is 2.41. The zero-order chi connectivity index (χ0) is 14.4. The largest absolute Gasteiger partial charge is 0.385 e. The van der Waals surface area contributed by atoms with Gasteiger partial charge in [-0.2, -0.15) is 0 Å². The van der Waals surface area contributed by atoms with Crippen LogP contribution in [-0.2, 0) is 9.53 Å². The van der Waals surface area contributed by atoms with Gasteiger partial charge in [0.05, 0.1) is 17.4 Å². The van der Waals surface area contributed by atoms with E-state index in [2.05, 4.69) is 10.2 Å². The Kier molecular flexibility index (Phi) is 5.38. The number of hydrogen-bond donors (Lipinski definition) is 2. The average Bonchev–Trinajstić information content (AvgIpc) is 2.99. The Morgan fingerprint density at radius 2 is 2.10 bits per heavy atom. The second-order valence-electron chi connectivity index (χ2n) is 5.09. The predicted molar refractivity (Wildman–Crippen MR) is 81.0 cm³/mol. The molecule has 1 aromatic rings. The lowest BCUT2D eigenvalue weighted by Gasteiger charge is -2.22. The van der Waals surface area contributed by atoms with E-state index in [0.717, 1.165) is 24.5 Å². The highest BCUT2D eigenvalue weighted by Gasteiger charge is 2.18. The van der Waals surface area contributed by atoms with Crippen molar-refractivity contribution < 1.29 is 9.53 Å². The number of para-hydroxylation sites is 2. The van der Waals surface area contributed by atoms with Crippen LogP contribution in [0.5, 0.6) is 0 Å². The molecule has 1 amide bonds. The van der Waals surface area contributed by atoms with Crippen LogP contribution in [0, 0.1) is 0 Å². The Balaban J connectivity index is 2.03. The zero-order valence-electron chi connectivity index (χ0n) is 12.0. The van der Waals surface area contributed by atoms with Crippen LogP contribution in [0.4, 0.5) is 11.4 Å². The summed E-state index contributed by atoms with van der Waals surface area (Å²) in [6, 6.07) is 7.35. The number of carbonyl (C=O) groups is 1. The summed E-state index contributed by atoms with van der Waals surface area (Å²) < 4.78 is 4.95. The molecular formula is C15H23N3O2. The van der Waals surface area contributed by atoms with E-state index in [-0.39, 0.29) is 5.91 Å². The van der Waals surface area contributed by atoms with E-state index in [1.807, 2.05) is 24.3 Å². The molecule has 1 fully saturated rings. The minimum absolute atomic E-state index is 0.159. The van der Waals surface area contributed by atoms with Gasteiger partial charge in [-0.1, -0.05) is 12.1 Å². The first-order valence-corrected chi connectivity index (χ1v) is 7.11. The fraction of sp³-hybridized carbons (Fsp3) is 0.533. The summed E-state index contributed by atoms with van der Waals surface area (Å²) >= 11 is 0. The summed E-state index contributed by atoms with van der Waals surface area (Å²) in [6.45, 7) is 2.58. The predicted octanol–water partition coefficient (Wildman–Crippen LogP) is 1.59. The lowest BCUT2D eigenvalue weighted by molar-refractivity contribution is -0.117. The summed E-state index contributed by atoms with van der Waals surface area (Å²) in [6.07, 6.45) is 2.93. The van der Waals surface area contributed by atoms with Crippen LogP contribution in [0.1, 0.15) is 19.3 Å². The molecule has 1 aliphatic rings. The first-order valence-electron chi connectivity index (χ1n) is 7.11. The minimum Gasteiger partial charge on any atom is -0.385 e. The van der Waals surface area contributed by atoms with Crippen LogP contribution in [0.2, 0.25) is 0 Å². The second kappa shape index (κ2) is 7.26. The Labute approximate surface area is 120 Å². The number of nitrogens with zero attached hydrogens (tertiary/aromatic N) is 1. The number of rotatable bonds is 6. The smallest absolute Gasteiger partial charge is 0.241 e. The lowest BCUT2D eigenvalue weighted by atomic mass is 10.2. The maximum atomic E-state index is 12.1. The molecule has 0 radical (unpaired) electrons. The third-order valence-corrected chi connectivity index (χ3v) is 3.58. The minimum atomic E-state index is -0.540. The van der Waals surface area contributed by atoms with Crippen LogP contribution >= 0.6 is 0 Å². The Bertz CT molecular complexity index is 444. The van der Waals surface area contributed by atoms with Crippen molar-refractivity contribution in [1.82, 2.24) is 0 Å². The van der Waals surface area contributed by atoms with Crippen molar-refractivity contribution in [3.8, 4) is 0 Å². The summed E-state index contributed by atoms with van der Waals surface area (Å²) in [7, 11) is 1.60. The number of carbonyl (C=O) groups excluding carboxylic acids is 1. The molecule has 5 nitrogen and oxygen atoms in total. The van der Waals surface area contributed by atoms with E-state index in [4.69, 9.17) is 10.5 Å². The Hall–Kier alpha value is -1.59. The van der Waals surface area contributed by atoms with Gasteiger partial charge in [0, 0.05) is 26.8 Å². The molecule has 3 N–H and O–H groups in total. The number of benzene rings is 1. The normalized spacial score (nSPS) is 16.2. The summed E-state index contributed by atoms with van der Waals surface area (Å²) in [5.41, 5.74) is 7.77. The quantitative estimate of drug-likeness (QED) is 0.828. The van der Waals surface area contributed by atoms with Crippen molar-refractivity contribution in [1.29, 1.82) is 0 Å². The number of amides is 1. The molecule has 1 aromatic carbocycles. The molecule has 0 spiro atoms. The number of nitrogens with one attached hydrogen (secondary N) is 1. The number of methoxy groups -OCH3 is 1. The van der Waals surface area contributed by atoms with Crippen molar-refractivity contribution in [3.05, 3.63) is 24.3 Å². The van der Waals surface area contributed by atoms with Crippen molar-refractivity contribution in [2.75, 3.05) is 37.0 Å². The first-order chi connectivity index (χ1) is 9.72. The molecule has 5 heteroatoms. The van der Waals surface area contributed by atoms with Crippen molar-refractivity contribution in [3.63, 3.8) is 0 Å². The van der Waals surface area contributed by atoms with Gasteiger partial charge in [-0.15, -0.1) is 0 Å². The van der Waals surface area contributed by atoms with Gasteiger partial charge in [-0.25, -0.2) is 0 Å². The topological polar surface area (TPSA) is 67.6 Å². The van der Waals surface area contributed by atoms with Gasteiger partial charge in [-0.05, 0) is 31.4 Å². The number of nitrogens with two attached hydrogens (primary N) is 1. The second-order valence-corrected chi connectivity index (χ2v) is 5.09. The van der Waals surface area contributed by atoms with Gasteiger partial charge in [0.2, 0.25) is 5.91 Å². The van der Waals surface area contributed by atoms with E-state index in [9.17, 15) is 4.79 Å². The molecule has 110 valence electrons. The Morgan fingerprint density at radius 3 is 2.80 bits per heavy atom. The lowest BCUT2D eigenvalue weighted by Crippen LogP contribution is -2.37. The summed E-state index contributed by atoms with van der Waals surface area (Å²) in [5, 5.41) is 2.93. The molecule has 20 heavy (non-hydrogen) atoms. The van der Waals surface area contributed by atoms with E-state index >= 15 is 0 Å². The van der Waals surface area contributed by atoms with Gasteiger partial charge in [0.1, 0.15) is 0 Å². The van der Waals surface area contributed by atoms with Crippen LogP contribution in [0.3, 0.4) is 0 Å². The third kappa shape index (κ3) is 3.71. The van der Waals surface area contributed by atoms with Gasteiger partial charge >= 0.3 is 0 Å². The number of anilines is 2. The molecule has 0 aliphatic carbocycles. The molecule has 1 saturated heterocycles. The maximum Gasteiger partial charge on any atom is 0.241 e. The molecular weight excluding hydrogens is 254 g/mol. The average molecular weight is 277 g/mol. The van der Waals surface area contributed by atoms with E-state index in [0.29, 0.717) is 13.0 Å². The highest BCUT2D eigenvalue weighted by molar-refractivity contribution is 5.97. The van der Waals surface area contributed by atoms with E-state index < -0.39 is 6.04 Å². The van der Waals surface area contributed by atoms with Crippen LogP contribution in [-0.4, -0.2) is 38.8 Å². The standard InChI is InChI=1S/C15H23N3O2/c1-20-11-8-12(16)15(19)17-13-6-2-3-7-14(13)18-9-4-5-10-18/h2-3,6-7,12H,4-5,8-11,16H2,1H3,(H,17,19). The van der Waals surface area contributed by atoms with Crippen molar-refractivity contribution in [2.45, 2.75) is 25.3 Å². The molecule has 0 saturated carbocycles. The summed E-state index contributed by atoms with van der Waals surface area (Å²) in [5.74, 6) is -0.159. The van der Waals surface area contributed by atoms with Gasteiger partial charge in [0.25, 0.3) is 0 Å². The van der Waals surface area contributed by atoms with E-state index in [1.165, 1.54) is 12.8 Å². The Morgan fingerprint density at radius 1 is 1.40 bits per heavy atom. The molecule has 0 aromatic heterocycles.